The molecule has 1 aliphatic rings. The van der Waals surface area contributed by atoms with Crippen molar-refractivity contribution in [1.82, 2.24) is 15.2 Å². The van der Waals surface area contributed by atoms with Crippen LogP contribution in [-0.2, 0) is 15.1 Å². The van der Waals surface area contributed by atoms with Crippen LogP contribution in [0, 0.1) is 13.8 Å². The number of H-pyrrole nitrogens is 1. The third-order valence-electron chi connectivity index (χ3n) is 5.06. The molecule has 1 fully saturated rings. The fourth-order valence-electron chi connectivity index (χ4n) is 3.62. The number of esters is 1. The van der Waals surface area contributed by atoms with Crippen LogP contribution >= 0.6 is 0 Å². The highest BCUT2D eigenvalue weighted by atomic mass is 16.5. The largest absolute Gasteiger partial charge is 0.462 e. The Balaban J connectivity index is 1.90. The van der Waals surface area contributed by atoms with Gasteiger partial charge in [-0.15, -0.1) is 0 Å². The van der Waals surface area contributed by atoms with Gasteiger partial charge >= 0.3 is 12.0 Å². The van der Waals surface area contributed by atoms with Crippen LogP contribution in [0.1, 0.15) is 51.5 Å². The number of amides is 3. The van der Waals surface area contributed by atoms with E-state index in [0.717, 1.165) is 4.90 Å². The number of rotatable bonds is 6. The number of nitrogens with zero attached hydrogens (tertiary/aromatic N) is 1. The minimum Gasteiger partial charge on any atom is -0.462 e. The van der Waals surface area contributed by atoms with Crippen LogP contribution < -0.4 is 5.32 Å². The number of benzene rings is 1. The molecule has 3 amide bonds. The Bertz CT molecular complexity index is 995. The minimum absolute atomic E-state index is 0.132. The molecule has 3 rings (SSSR count). The lowest BCUT2D eigenvalue weighted by molar-refractivity contribution is -0.130. The second-order valence-corrected chi connectivity index (χ2v) is 7.08. The number of urea groups is 1. The highest BCUT2D eigenvalue weighted by Crippen LogP contribution is 2.29. The molecule has 0 aliphatic carbocycles. The van der Waals surface area contributed by atoms with Crippen LogP contribution in [0.3, 0.4) is 0 Å². The van der Waals surface area contributed by atoms with Gasteiger partial charge in [0.05, 0.1) is 24.3 Å². The van der Waals surface area contributed by atoms with Crippen molar-refractivity contribution in [2.24, 2.45) is 0 Å². The molecule has 2 N–H and O–H groups in total. The van der Waals surface area contributed by atoms with Crippen LogP contribution in [0.2, 0.25) is 0 Å². The summed E-state index contributed by atoms with van der Waals surface area (Å²) in [4.78, 5) is 54.6. The Labute approximate surface area is 168 Å². The molecule has 8 nitrogen and oxygen atoms in total. The van der Waals surface area contributed by atoms with Crippen molar-refractivity contribution in [3.63, 3.8) is 0 Å². The molecule has 0 spiro atoms. The SMILES string of the molecule is CCOC(=O)c1c(C)[nH]c(C)c1C(=O)CN1C(=O)NC(C)(c2ccccc2)C1=O. The Hall–Kier alpha value is -3.42. The molecule has 1 aliphatic heterocycles. The first-order valence-electron chi connectivity index (χ1n) is 9.29. The van der Waals surface area contributed by atoms with E-state index >= 15 is 0 Å². The molecule has 1 unspecified atom stereocenters. The van der Waals surface area contributed by atoms with Crippen LogP contribution in [0.15, 0.2) is 30.3 Å². The van der Waals surface area contributed by atoms with E-state index in [1.165, 1.54) is 0 Å². The summed E-state index contributed by atoms with van der Waals surface area (Å²) in [7, 11) is 0. The smallest absolute Gasteiger partial charge is 0.340 e. The molecular weight excluding hydrogens is 374 g/mol. The van der Waals surface area contributed by atoms with Gasteiger partial charge in [-0.3, -0.25) is 14.5 Å². The predicted molar refractivity (Wildman–Crippen MR) is 105 cm³/mol. The molecule has 1 atom stereocenters. The molecule has 29 heavy (non-hydrogen) atoms. The molecule has 1 saturated heterocycles. The van der Waals surface area contributed by atoms with E-state index in [4.69, 9.17) is 4.74 Å². The molecule has 152 valence electrons. The van der Waals surface area contributed by atoms with Crippen molar-refractivity contribution in [1.29, 1.82) is 0 Å². The summed E-state index contributed by atoms with van der Waals surface area (Å²) in [6.45, 7) is 6.28. The van der Waals surface area contributed by atoms with Gasteiger partial charge in [-0.05, 0) is 33.3 Å². The summed E-state index contributed by atoms with van der Waals surface area (Å²) in [6.07, 6.45) is 0. The highest BCUT2D eigenvalue weighted by Gasteiger charge is 2.49. The predicted octanol–water partition coefficient (Wildman–Crippen LogP) is 2.46. The third kappa shape index (κ3) is 3.41. The fourth-order valence-corrected chi connectivity index (χ4v) is 3.62. The van der Waals surface area contributed by atoms with Gasteiger partial charge < -0.3 is 15.0 Å². The van der Waals surface area contributed by atoms with Crippen molar-refractivity contribution < 1.29 is 23.9 Å². The average Bonchev–Trinajstić information content (AvgIpc) is 3.10. The number of Topliss-reactive ketones (excluding diaryl/α,β-unsaturated/α-hetero) is 1. The second-order valence-electron chi connectivity index (χ2n) is 7.08. The van der Waals surface area contributed by atoms with Crippen molar-refractivity contribution >= 4 is 23.7 Å². The van der Waals surface area contributed by atoms with Gasteiger partial charge in [0.25, 0.3) is 5.91 Å². The Morgan fingerprint density at radius 2 is 1.69 bits per heavy atom. The Kier molecular flexibility index (Phi) is 5.28. The van der Waals surface area contributed by atoms with Gasteiger partial charge in [-0.25, -0.2) is 9.59 Å². The number of carbonyl (C=O) groups excluding carboxylic acids is 4. The van der Waals surface area contributed by atoms with Crippen molar-refractivity contribution in [3.05, 3.63) is 58.4 Å². The lowest BCUT2D eigenvalue weighted by Gasteiger charge is -2.22. The normalized spacial score (nSPS) is 18.7. The van der Waals surface area contributed by atoms with Crippen LogP contribution in [0.25, 0.3) is 0 Å². The zero-order valence-corrected chi connectivity index (χ0v) is 16.8. The Morgan fingerprint density at radius 1 is 1.07 bits per heavy atom. The maximum Gasteiger partial charge on any atom is 0.340 e. The maximum atomic E-state index is 13.0. The summed E-state index contributed by atoms with van der Waals surface area (Å²) in [6, 6.07) is 8.17. The molecule has 0 radical (unpaired) electrons. The van der Waals surface area contributed by atoms with E-state index < -0.39 is 35.8 Å². The maximum absolute atomic E-state index is 13.0. The molecule has 1 aromatic heterocycles. The van der Waals surface area contributed by atoms with E-state index in [1.807, 2.05) is 6.07 Å². The van der Waals surface area contributed by atoms with E-state index in [1.54, 1.807) is 52.0 Å². The van der Waals surface area contributed by atoms with Gasteiger partial charge in [0.15, 0.2) is 5.78 Å². The van der Waals surface area contributed by atoms with E-state index in [0.29, 0.717) is 17.0 Å². The summed E-state index contributed by atoms with van der Waals surface area (Å²) >= 11 is 0. The number of carbonyl (C=O) groups is 4. The molecular formula is C21H23N3O5. The number of hydrogen-bond acceptors (Lipinski definition) is 5. The summed E-state index contributed by atoms with van der Waals surface area (Å²) in [5.41, 5.74) is 0.603. The van der Waals surface area contributed by atoms with Gasteiger partial charge in [0.1, 0.15) is 5.54 Å². The van der Waals surface area contributed by atoms with Crippen molar-refractivity contribution in [3.8, 4) is 0 Å². The van der Waals surface area contributed by atoms with E-state index in [2.05, 4.69) is 10.3 Å². The third-order valence-corrected chi connectivity index (χ3v) is 5.06. The molecule has 0 saturated carbocycles. The first-order valence-corrected chi connectivity index (χ1v) is 9.29. The number of ketones is 1. The summed E-state index contributed by atoms with van der Waals surface area (Å²) < 4.78 is 5.05. The van der Waals surface area contributed by atoms with E-state index in [-0.39, 0.29) is 17.7 Å². The molecule has 0 bridgehead atoms. The average molecular weight is 397 g/mol. The van der Waals surface area contributed by atoms with Crippen molar-refractivity contribution in [2.45, 2.75) is 33.2 Å². The summed E-state index contributed by atoms with van der Waals surface area (Å²) in [5, 5.41) is 2.67. The lowest BCUT2D eigenvalue weighted by Crippen LogP contribution is -2.41. The number of imide groups is 1. The highest BCUT2D eigenvalue weighted by molar-refractivity contribution is 6.14. The minimum atomic E-state index is -1.26. The van der Waals surface area contributed by atoms with Crippen LogP contribution in [0.4, 0.5) is 4.79 Å². The number of aryl methyl sites for hydroxylation is 2. The second kappa shape index (κ2) is 7.54. The monoisotopic (exact) mass is 397 g/mol. The number of hydrogen-bond donors (Lipinski definition) is 2. The van der Waals surface area contributed by atoms with Crippen LogP contribution in [-0.4, -0.2) is 46.7 Å². The zero-order valence-electron chi connectivity index (χ0n) is 16.8. The van der Waals surface area contributed by atoms with Gasteiger partial charge in [-0.2, -0.15) is 0 Å². The lowest BCUT2D eigenvalue weighted by atomic mass is 9.92. The zero-order chi connectivity index (χ0) is 21.3. The standard InChI is InChI=1S/C21H23N3O5/c1-5-29-18(26)17-13(3)22-12(2)16(17)15(25)11-24-19(27)21(4,23-20(24)28)14-9-7-6-8-10-14/h6-10,22H,5,11H2,1-4H3,(H,23,28). The first kappa shape index (κ1) is 20.3. The molecule has 1 aromatic carbocycles. The number of nitrogens with one attached hydrogen (secondary N) is 2. The fraction of sp³-hybridized carbons (Fsp3) is 0.333. The molecule has 8 heteroatoms. The number of ether oxygens (including phenoxy) is 1. The van der Waals surface area contributed by atoms with Gasteiger partial charge in [-0.1, -0.05) is 30.3 Å². The number of aromatic nitrogens is 1. The van der Waals surface area contributed by atoms with E-state index in [9.17, 15) is 19.2 Å². The molecule has 2 aromatic rings. The molecule has 2 heterocycles. The quantitative estimate of drug-likeness (QED) is 0.442. The van der Waals surface area contributed by atoms with Gasteiger partial charge in [0.2, 0.25) is 0 Å². The summed E-state index contributed by atoms with van der Waals surface area (Å²) in [5.74, 6) is -1.66. The Morgan fingerprint density at radius 3 is 2.31 bits per heavy atom. The number of aromatic amines is 1. The van der Waals surface area contributed by atoms with Crippen LogP contribution in [0.5, 0.6) is 0 Å². The first-order chi connectivity index (χ1) is 13.7. The topological polar surface area (TPSA) is 109 Å². The van der Waals surface area contributed by atoms with Gasteiger partial charge in [0, 0.05) is 11.4 Å². The van der Waals surface area contributed by atoms with Crippen molar-refractivity contribution in [2.75, 3.05) is 13.2 Å².